The second-order valence-corrected chi connectivity index (χ2v) is 7.49. The molecule has 1 aromatic rings. The lowest BCUT2D eigenvalue weighted by atomic mass is 9.49. The van der Waals surface area contributed by atoms with Crippen LogP contribution in [0.15, 0.2) is 12.1 Å². The molecule has 0 amide bonds. The number of phenols is 1. The van der Waals surface area contributed by atoms with Gasteiger partial charge in [0.2, 0.25) is 0 Å². The number of aromatic hydroxyl groups is 1. The number of ketones is 2. The van der Waals surface area contributed by atoms with Crippen molar-refractivity contribution < 1.29 is 24.5 Å². The molecule has 1 saturated carbocycles. The fourth-order valence-corrected chi connectivity index (χ4v) is 4.57. The maximum atomic E-state index is 12.8. The van der Waals surface area contributed by atoms with E-state index < -0.39 is 11.5 Å². The fraction of sp³-hybridized carbons (Fsp3) is 0.556. The second-order valence-electron chi connectivity index (χ2n) is 7.49. The fourth-order valence-electron chi connectivity index (χ4n) is 4.57. The van der Waals surface area contributed by atoms with Gasteiger partial charge in [0, 0.05) is 6.42 Å². The zero-order chi connectivity index (χ0) is 17.2. The Morgan fingerprint density at radius 1 is 1.22 bits per heavy atom. The Morgan fingerprint density at radius 2 is 1.87 bits per heavy atom. The molecule has 3 atom stereocenters. The second kappa shape index (κ2) is 4.81. The number of carbonyl (C=O) groups excluding carboxylic acids is 2. The monoisotopic (exact) mass is 318 g/mol. The maximum Gasteiger partial charge on any atom is 0.171 e. The normalized spacial score (nSPS) is 32.2. The number of hydrogen-bond donors (Lipinski definition) is 2. The van der Waals surface area contributed by atoms with Crippen LogP contribution in [-0.2, 0) is 10.2 Å². The Labute approximate surface area is 135 Å². The number of benzene rings is 1. The van der Waals surface area contributed by atoms with E-state index in [1.165, 1.54) is 7.11 Å². The molecule has 0 aliphatic heterocycles. The lowest BCUT2D eigenvalue weighted by Crippen LogP contribution is -2.59. The Hall–Kier alpha value is -1.88. The van der Waals surface area contributed by atoms with Crippen molar-refractivity contribution in [3.63, 3.8) is 0 Å². The number of hydrogen-bond acceptors (Lipinski definition) is 5. The van der Waals surface area contributed by atoms with Gasteiger partial charge in [-0.15, -0.1) is 0 Å². The third-order valence-corrected chi connectivity index (χ3v) is 5.76. The van der Waals surface area contributed by atoms with Crippen molar-refractivity contribution in [1.82, 2.24) is 0 Å². The van der Waals surface area contributed by atoms with Gasteiger partial charge < -0.3 is 14.9 Å². The molecule has 124 valence electrons. The van der Waals surface area contributed by atoms with Crippen LogP contribution in [0.2, 0.25) is 0 Å². The molecule has 2 aliphatic rings. The molecule has 5 heteroatoms. The average molecular weight is 318 g/mol. The molecule has 0 radical (unpaired) electrons. The number of rotatable bonds is 1. The van der Waals surface area contributed by atoms with E-state index in [4.69, 9.17) is 4.74 Å². The first-order chi connectivity index (χ1) is 10.6. The van der Waals surface area contributed by atoms with E-state index in [9.17, 15) is 19.8 Å². The Morgan fingerprint density at radius 3 is 2.48 bits per heavy atom. The summed E-state index contributed by atoms with van der Waals surface area (Å²) < 4.78 is 5.08. The van der Waals surface area contributed by atoms with Crippen LogP contribution in [0.5, 0.6) is 11.5 Å². The van der Waals surface area contributed by atoms with Crippen molar-refractivity contribution >= 4 is 11.6 Å². The summed E-state index contributed by atoms with van der Waals surface area (Å²) in [5.74, 6) is -0.683. The highest BCUT2D eigenvalue weighted by molar-refractivity contribution is 6.07. The van der Waals surface area contributed by atoms with E-state index in [0.29, 0.717) is 12.0 Å². The minimum Gasteiger partial charge on any atom is -0.504 e. The minimum absolute atomic E-state index is 0.154. The molecule has 0 bridgehead atoms. The van der Waals surface area contributed by atoms with Crippen molar-refractivity contribution in [2.75, 3.05) is 7.11 Å². The van der Waals surface area contributed by atoms with Gasteiger partial charge >= 0.3 is 0 Å². The van der Waals surface area contributed by atoms with Gasteiger partial charge in [-0.3, -0.25) is 9.59 Å². The predicted octanol–water partition coefficient (Wildman–Crippen LogP) is 2.22. The van der Waals surface area contributed by atoms with Crippen LogP contribution in [0.4, 0.5) is 0 Å². The molecule has 0 heterocycles. The van der Waals surface area contributed by atoms with Gasteiger partial charge in [-0.25, -0.2) is 0 Å². The highest BCUT2D eigenvalue weighted by Crippen LogP contribution is 2.57. The van der Waals surface area contributed by atoms with E-state index in [0.717, 1.165) is 0 Å². The molecule has 0 spiro atoms. The number of Topliss-reactive ketones (excluding diaryl/α,β-unsaturated/α-hetero) is 2. The smallest absolute Gasteiger partial charge is 0.171 e. The lowest BCUT2D eigenvalue weighted by Gasteiger charge is -2.53. The van der Waals surface area contributed by atoms with Gasteiger partial charge in [0.05, 0.1) is 18.1 Å². The number of aliphatic hydroxyl groups excluding tert-OH is 1. The number of fused-ring (bicyclic) bond motifs is 3. The van der Waals surface area contributed by atoms with Gasteiger partial charge in [-0.1, -0.05) is 19.9 Å². The van der Waals surface area contributed by atoms with E-state index in [2.05, 4.69) is 0 Å². The molecular weight excluding hydrogens is 296 g/mol. The van der Waals surface area contributed by atoms with Crippen molar-refractivity contribution in [2.24, 2.45) is 11.3 Å². The zero-order valence-corrected chi connectivity index (χ0v) is 13.8. The lowest BCUT2D eigenvalue weighted by molar-refractivity contribution is -0.146. The van der Waals surface area contributed by atoms with Crippen LogP contribution < -0.4 is 4.74 Å². The molecule has 0 saturated heterocycles. The van der Waals surface area contributed by atoms with Crippen molar-refractivity contribution in [2.45, 2.75) is 45.1 Å². The quantitative estimate of drug-likeness (QED) is 0.829. The molecule has 5 nitrogen and oxygen atoms in total. The third-order valence-electron chi connectivity index (χ3n) is 5.76. The van der Waals surface area contributed by atoms with E-state index >= 15 is 0 Å². The number of aliphatic hydroxyl groups is 1. The number of phenolic OH excluding ortho intramolecular Hbond substituents is 1. The SMILES string of the molecule is COc1ccc2c(c1O)C(=O)CC1C(C)(C)CC(O)C(=O)[C@]21C. The van der Waals surface area contributed by atoms with Crippen LogP contribution >= 0.6 is 0 Å². The molecular formula is C18H22O5. The largest absolute Gasteiger partial charge is 0.504 e. The number of ether oxygens (including phenoxy) is 1. The topological polar surface area (TPSA) is 83.8 Å². The van der Waals surface area contributed by atoms with Gasteiger partial charge in [-0.05, 0) is 36.3 Å². The third kappa shape index (κ3) is 1.96. The Bertz CT molecular complexity index is 706. The molecule has 2 unspecified atom stereocenters. The maximum absolute atomic E-state index is 12.8. The average Bonchev–Trinajstić information content (AvgIpc) is 2.48. The summed E-state index contributed by atoms with van der Waals surface area (Å²) in [6.45, 7) is 5.74. The van der Waals surface area contributed by atoms with Crippen LogP contribution in [-0.4, -0.2) is 35.0 Å². The summed E-state index contributed by atoms with van der Waals surface area (Å²) in [6.07, 6.45) is -0.538. The van der Waals surface area contributed by atoms with E-state index in [1.807, 2.05) is 13.8 Å². The number of methoxy groups -OCH3 is 1. The standard InChI is InChI=1S/C18H22O5/c1-17(2)8-11(20)16(22)18(3)9-5-6-12(23-4)15(21)14(9)10(19)7-13(17)18/h5-6,11,13,20-21H,7-8H2,1-4H3/t11?,13?,18-/m1/s1. The van der Waals surface area contributed by atoms with Gasteiger partial charge in [-0.2, -0.15) is 0 Å². The Kier molecular flexibility index (Phi) is 3.34. The van der Waals surface area contributed by atoms with E-state index in [1.54, 1.807) is 19.1 Å². The zero-order valence-electron chi connectivity index (χ0n) is 13.8. The summed E-state index contributed by atoms with van der Waals surface area (Å²) in [5, 5.41) is 20.6. The van der Waals surface area contributed by atoms with E-state index in [-0.39, 0.29) is 46.4 Å². The van der Waals surface area contributed by atoms with Gasteiger partial charge in [0.1, 0.15) is 6.10 Å². The molecule has 3 rings (SSSR count). The highest BCUT2D eigenvalue weighted by atomic mass is 16.5. The molecule has 23 heavy (non-hydrogen) atoms. The summed E-state index contributed by atoms with van der Waals surface area (Å²) >= 11 is 0. The first kappa shape index (κ1) is 16.0. The molecule has 1 aromatic carbocycles. The molecule has 2 aliphatic carbocycles. The predicted molar refractivity (Wildman–Crippen MR) is 83.9 cm³/mol. The number of carbonyl (C=O) groups is 2. The highest BCUT2D eigenvalue weighted by Gasteiger charge is 2.59. The van der Waals surface area contributed by atoms with Crippen molar-refractivity contribution in [3.8, 4) is 11.5 Å². The summed E-state index contributed by atoms with van der Waals surface area (Å²) in [4.78, 5) is 25.5. The minimum atomic E-state index is -1.06. The molecule has 2 N–H and O–H groups in total. The van der Waals surface area contributed by atoms with Crippen molar-refractivity contribution in [3.05, 3.63) is 23.3 Å². The summed E-state index contributed by atoms with van der Waals surface area (Å²) in [7, 11) is 1.41. The first-order valence-corrected chi connectivity index (χ1v) is 7.80. The van der Waals surface area contributed by atoms with Gasteiger partial charge in [0.25, 0.3) is 0 Å². The van der Waals surface area contributed by atoms with Gasteiger partial charge in [0.15, 0.2) is 23.1 Å². The first-order valence-electron chi connectivity index (χ1n) is 7.80. The van der Waals surface area contributed by atoms with Crippen LogP contribution in [0.1, 0.15) is 49.5 Å². The molecule has 0 aromatic heterocycles. The van der Waals surface area contributed by atoms with Crippen LogP contribution in [0.25, 0.3) is 0 Å². The van der Waals surface area contributed by atoms with Crippen LogP contribution in [0.3, 0.4) is 0 Å². The summed E-state index contributed by atoms with van der Waals surface area (Å²) in [5.41, 5.74) is -0.700. The van der Waals surface area contributed by atoms with Crippen LogP contribution in [0, 0.1) is 11.3 Å². The van der Waals surface area contributed by atoms with Crippen molar-refractivity contribution in [1.29, 1.82) is 0 Å². The molecule has 1 fully saturated rings. The summed E-state index contributed by atoms with van der Waals surface area (Å²) in [6, 6.07) is 3.24. The Balaban J connectivity index is 2.30.